The molecule has 0 aliphatic heterocycles. The zero-order valence-corrected chi connectivity index (χ0v) is 14.2. The average Bonchev–Trinajstić information content (AvgIpc) is 2.45. The average molecular weight is 301 g/mol. The predicted octanol–water partition coefficient (Wildman–Crippen LogP) is 4.82. The first-order chi connectivity index (χ1) is 9.97. The molecule has 2 aromatic rings. The lowest BCUT2D eigenvalue weighted by atomic mass is 10.0. The molecule has 0 heterocycles. The third-order valence-electron chi connectivity index (χ3n) is 3.67. The van der Waals surface area contributed by atoms with Crippen molar-refractivity contribution in [3.63, 3.8) is 0 Å². The van der Waals surface area contributed by atoms with Gasteiger partial charge < -0.3 is 4.90 Å². The fourth-order valence-electron chi connectivity index (χ4n) is 2.84. The minimum absolute atomic E-state index is 0.126. The van der Waals surface area contributed by atoms with E-state index < -0.39 is 0 Å². The molecule has 0 unspecified atom stereocenters. The molecule has 0 atom stereocenters. The van der Waals surface area contributed by atoms with E-state index in [1.54, 1.807) is 11.8 Å². The topological polar surface area (TPSA) is 20.3 Å². The van der Waals surface area contributed by atoms with Crippen molar-refractivity contribution in [3.05, 3.63) is 42.0 Å². The molecule has 0 fully saturated rings. The van der Waals surface area contributed by atoms with Crippen LogP contribution in [0.1, 0.15) is 38.1 Å². The van der Waals surface area contributed by atoms with Gasteiger partial charge in [0.1, 0.15) is 0 Å². The van der Waals surface area contributed by atoms with Crippen LogP contribution in [0.25, 0.3) is 10.8 Å². The van der Waals surface area contributed by atoms with Gasteiger partial charge in [0, 0.05) is 17.0 Å². The number of amides is 1. The van der Waals surface area contributed by atoms with Crippen LogP contribution < -0.4 is 0 Å². The smallest absolute Gasteiger partial charge is 0.256 e. The zero-order valence-electron chi connectivity index (χ0n) is 13.4. The van der Waals surface area contributed by atoms with Gasteiger partial charge in [-0.1, -0.05) is 30.3 Å². The minimum atomic E-state index is 0.126. The van der Waals surface area contributed by atoms with Crippen molar-refractivity contribution in [1.82, 2.24) is 4.90 Å². The lowest BCUT2D eigenvalue weighted by Gasteiger charge is -2.31. The second-order valence-corrected chi connectivity index (χ2v) is 6.61. The SMILES string of the molecule is CSc1ccc2ccccc2c1C(=O)N(C(C)C)C(C)C. The highest BCUT2D eigenvalue weighted by Gasteiger charge is 2.25. The summed E-state index contributed by atoms with van der Waals surface area (Å²) in [7, 11) is 0. The van der Waals surface area contributed by atoms with Gasteiger partial charge in [-0.25, -0.2) is 0 Å². The van der Waals surface area contributed by atoms with Crippen LogP contribution in [0.2, 0.25) is 0 Å². The van der Waals surface area contributed by atoms with Crippen molar-refractivity contribution in [1.29, 1.82) is 0 Å². The third-order valence-corrected chi connectivity index (χ3v) is 4.45. The van der Waals surface area contributed by atoms with Gasteiger partial charge in [-0.3, -0.25) is 4.79 Å². The highest BCUT2D eigenvalue weighted by Crippen LogP contribution is 2.30. The molecule has 0 aliphatic rings. The first kappa shape index (κ1) is 15.9. The van der Waals surface area contributed by atoms with Gasteiger partial charge in [0.2, 0.25) is 0 Å². The number of thioether (sulfide) groups is 1. The molecule has 21 heavy (non-hydrogen) atoms. The molecular weight excluding hydrogens is 278 g/mol. The number of hydrogen-bond acceptors (Lipinski definition) is 2. The van der Waals surface area contributed by atoms with E-state index in [4.69, 9.17) is 0 Å². The van der Waals surface area contributed by atoms with Crippen molar-refractivity contribution >= 4 is 28.4 Å². The molecule has 0 saturated heterocycles. The van der Waals surface area contributed by atoms with Gasteiger partial charge in [-0.2, -0.15) is 0 Å². The first-order valence-corrected chi connectivity index (χ1v) is 8.58. The summed E-state index contributed by atoms with van der Waals surface area (Å²) in [4.78, 5) is 16.1. The Balaban J connectivity index is 2.66. The molecule has 0 bridgehead atoms. The summed E-state index contributed by atoms with van der Waals surface area (Å²) < 4.78 is 0. The molecule has 0 radical (unpaired) electrons. The Morgan fingerprint density at radius 1 is 1.00 bits per heavy atom. The van der Waals surface area contributed by atoms with Gasteiger partial charge in [0.25, 0.3) is 5.91 Å². The third kappa shape index (κ3) is 3.08. The van der Waals surface area contributed by atoms with Crippen molar-refractivity contribution in [2.45, 2.75) is 44.7 Å². The Labute approximate surface area is 131 Å². The number of benzene rings is 2. The largest absolute Gasteiger partial charge is 0.334 e. The molecule has 3 heteroatoms. The number of rotatable bonds is 4. The summed E-state index contributed by atoms with van der Waals surface area (Å²) in [6.45, 7) is 8.28. The standard InChI is InChI=1S/C18H23NOS/c1-12(2)19(13(3)4)18(20)17-15-9-7-6-8-14(15)10-11-16(17)21-5/h6-13H,1-5H3. The zero-order chi connectivity index (χ0) is 15.6. The Kier molecular flexibility index (Phi) is 4.94. The van der Waals surface area contributed by atoms with E-state index in [0.29, 0.717) is 0 Å². The molecule has 2 nitrogen and oxygen atoms in total. The molecule has 2 rings (SSSR count). The fraction of sp³-hybridized carbons (Fsp3) is 0.389. The second-order valence-electron chi connectivity index (χ2n) is 5.76. The van der Waals surface area contributed by atoms with Gasteiger partial charge in [0.15, 0.2) is 0 Å². The summed E-state index contributed by atoms with van der Waals surface area (Å²) in [5, 5.41) is 2.16. The van der Waals surface area contributed by atoms with Crippen LogP contribution in [-0.4, -0.2) is 29.1 Å². The lowest BCUT2D eigenvalue weighted by molar-refractivity contribution is 0.0642. The van der Waals surface area contributed by atoms with Crippen LogP contribution in [0, 0.1) is 0 Å². The van der Waals surface area contributed by atoms with E-state index in [0.717, 1.165) is 21.2 Å². The Bertz CT molecular complexity index is 641. The highest BCUT2D eigenvalue weighted by atomic mass is 32.2. The van der Waals surface area contributed by atoms with E-state index in [1.165, 1.54) is 0 Å². The predicted molar refractivity (Wildman–Crippen MR) is 92.2 cm³/mol. The molecule has 0 saturated carbocycles. The fourth-order valence-corrected chi connectivity index (χ4v) is 3.44. The van der Waals surface area contributed by atoms with Crippen LogP contribution >= 0.6 is 11.8 Å². The van der Waals surface area contributed by atoms with Gasteiger partial charge in [0.05, 0.1) is 5.56 Å². The van der Waals surface area contributed by atoms with Crippen molar-refractivity contribution in [2.24, 2.45) is 0 Å². The number of nitrogens with zero attached hydrogens (tertiary/aromatic N) is 1. The maximum atomic E-state index is 13.1. The summed E-state index contributed by atoms with van der Waals surface area (Å²) in [6, 6.07) is 12.6. The van der Waals surface area contributed by atoms with Crippen LogP contribution in [0.15, 0.2) is 41.3 Å². The Hall–Kier alpha value is -1.48. The van der Waals surface area contributed by atoms with Crippen molar-refractivity contribution in [3.8, 4) is 0 Å². The van der Waals surface area contributed by atoms with Crippen LogP contribution in [0.4, 0.5) is 0 Å². The Morgan fingerprint density at radius 2 is 1.62 bits per heavy atom. The number of fused-ring (bicyclic) bond motifs is 1. The van der Waals surface area contributed by atoms with Crippen LogP contribution in [-0.2, 0) is 0 Å². The molecule has 0 aliphatic carbocycles. The summed E-state index contributed by atoms with van der Waals surface area (Å²) >= 11 is 1.63. The number of hydrogen-bond donors (Lipinski definition) is 0. The normalized spacial score (nSPS) is 11.4. The Morgan fingerprint density at radius 3 is 2.19 bits per heavy atom. The summed E-state index contributed by atoms with van der Waals surface area (Å²) in [5.74, 6) is 0.126. The summed E-state index contributed by atoms with van der Waals surface area (Å²) in [6.07, 6.45) is 2.02. The molecule has 1 amide bonds. The van der Waals surface area contributed by atoms with Gasteiger partial charge >= 0.3 is 0 Å². The second kappa shape index (κ2) is 6.52. The van der Waals surface area contributed by atoms with E-state index >= 15 is 0 Å². The minimum Gasteiger partial charge on any atom is -0.334 e. The molecule has 0 N–H and O–H groups in total. The number of carbonyl (C=O) groups excluding carboxylic acids is 1. The van der Waals surface area contributed by atoms with Crippen molar-refractivity contribution in [2.75, 3.05) is 6.26 Å². The molecule has 2 aromatic carbocycles. The van der Waals surface area contributed by atoms with E-state index in [2.05, 4.69) is 45.9 Å². The van der Waals surface area contributed by atoms with E-state index in [1.807, 2.05) is 29.4 Å². The van der Waals surface area contributed by atoms with E-state index in [9.17, 15) is 4.79 Å². The monoisotopic (exact) mass is 301 g/mol. The molecule has 0 aromatic heterocycles. The molecule has 112 valence electrons. The lowest BCUT2D eigenvalue weighted by Crippen LogP contribution is -2.42. The maximum absolute atomic E-state index is 13.1. The summed E-state index contributed by atoms with van der Waals surface area (Å²) in [5.41, 5.74) is 0.836. The van der Waals surface area contributed by atoms with E-state index in [-0.39, 0.29) is 18.0 Å². The van der Waals surface area contributed by atoms with Gasteiger partial charge in [-0.15, -0.1) is 11.8 Å². The van der Waals surface area contributed by atoms with Crippen LogP contribution in [0.5, 0.6) is 0 Å². The van der Waals surface area contributed by atoms with Gasteiger partial charge in [-0.05, 0) is 50.8 Å². The molecule has 0 spiro atoms. The van der Waals surface area contributed by atoms with Crippen LogP contribution in [0.3, 0.4) is 0 Å². The van der Waals surface area contributed by atoms with Crippen molar-refractivity contribution < 1.29 is 4.79 Å². The first-order valence-electron chi connectivity index (χ1n) is 7.35. The maximum Gasteiger partial charge on any atom is 0.256 e. The number of carbonyl (C=O) groups is 1. The molecular formula is C18H23NOS. The highest BCUT2D eigenvalue weighted by molar-refractivity contribution is 7.98. The quantitative estimate of drug-likeness (QED) is 0.755.